The highest BCUT2D eigenvalue weighted by molar-refractivity contribution is 5.94. The van der Waals surface area contributed by atoms with E-state index in [1.165, 1.54) is 0 Å². The van der Waals surface area contributed by atoms with Crippen molar-refractivity contribution < 1.29 is 9.53 Å². The second kappa shape index (κ2) is 8.33. The summed E-state index contributed by atoms with van der Waals surface area (Å²) < 4.78 is 7.10. The highest BCUT2D eigenvalue weighted by Crippen LogP contribution is 2.20. The van der Waals surface area contributed by atoms with Crippen LogP contribution in [0.1, 0.15) is 28.0 Å². The number of benzene rings is 1. The summed E-state index contributed by atoms with van der Waals surface area (Å²) in [5.74, 6) is 0.753. The first-order valence-corrected chi connectivity index (χ1v) is 7.74. The fourth-order valence-corrected chi connectivity index (χ4v) is 2.46. The van der Waals surface area contributed by atoms with E-state index in [-0.39, 0.29) is 5.91 Å². The maximum absolute atomic E-state index is 11.9. The van der Waals surface area contributed by atoms with Gasteiger partial charge in [0.2, 0.25) is 5.88 Å². The van der Waals surface area contributed by atoms with Crippen LogP contribution in [0.15, 0.2) is 30.3 Å². The van der Waals surface area contributed by atoms with Crippen molar-refractivity contribution >= 4 is 5.91 Å². The molecule has 6 nitrogen and oxygen atoms in total. The minimum Gasteiger partial charge on any atom is -0.481 e. The van der Waals surface area contributed by atoms with Gasteiger partial charge in [-0.3, -0.25) is 4.79 Å². The van der Waals surface area contributed by atoms with Gasteiger partial charge >= 0.3 is 0 Å². The lowest BCUT2D eigenvalue weighted by molar-refractivity contribution is 0.0953. The molecule has 0 aliphatic carbocycles. The van der Waals surface area contributed by atoms with Gasteiger partial charge in [-0.25, -0.2) is 4.68 Å². The first-order chi connectivity index (χ1) is 11.1. The van der Waals surface area contributed by atoms with Crippen LogP contribution < -0.4 is 15.4 Å². The van der Waals surface area contributed by atoms with Gasteiger partial charge in [-0.2, -0.15) is 5.10 Å². The molecule has 2 aromatic rings. The minimum absolute atomic E-state index is 0.0321. The summed E-state index contributed by atoms with van der Waals surface area (Å²) in [6, 6.07) is 9.24. The molecule has 0 radical (unpaired) electrons. The van der Waals surface area contributed by atoms with E-state index in [1.807, 2.05) is 44.3 Å². The molecule has 0 saturated carbocycles. The predicted octanol–water partition coefficient (Wildman–Crippen LogP) is 1.65. The first-order valence-electron chi connectivity index (χ1n) is 7.74. The van der Waals surface area contributed by atoms with Gasteiger partial charge in [0, 0.05) is 25.7 Å². The van der Waals surface area contributed by atoms with Crippen LogP contribution in [0.4, 0.5) is 0 Å². The molecule has 2 rings (SSSR count). The number of amides is 1. The maximum atomic E-state index is 11.9. The van der Waals surface area contributed by atoms with E-state index in [9.17, 15) is 4.79 Å². The van der Waals surface area contributed by atoms with Crippen molar-refractivity contribution in [3.05, 3.63) is 47.2 Å². The Morgan fingerprint density at radius 1 is 1.26 bits per heavy atom. The Hall–Kier alpha value is -2.34. The normalized spacial score (nSPS) is 10.6. The molecule has 124 valence electrons. The SMILES string of the molecule is COc1c(CNCCCNC(=O)c2ccccc2)c(C)nn1C. The van der Waals surface area contributed by atoms with Crippen molar-refractivity contribution in [1.29, 1.82) is 0 Å². The fourth-order valence-electron chi connectivity index (χ4n) is 2.46. The Balaban J connectivity index is 1.68. The van der Waals surface area contributed by atoms with Gasteiger partial charge in [-0.05, 0) is 32.0 Å². The third-order valence-electron chi connectivity index (χ3n) is 3.64. The molecule has 0 aliphatic rings. The van der Waals surface area contributed by atoms with Gasteiger partial charge < -0.3 is 15.4 Å². The predicted molar refractivity (Wildman–Crippen MR) is 89.6 cm³/mol. The second-order valence-corrected chi connectivity index (χ2v) is 5.35. The number of aryl methyl sites for hydroxylation is 2. The molecule has 1 aromatic carbocycles. The van der Waals surface area contributed by atoms with Gasteiger partial charge in [0.15, 0.2) is 0 Å². The van der Waals surface area contributed by atoms with Crippen molar-refractivity contribution in [1.82, 2.24) is 20.4 Å². The summed E-state index contributed by atoms with van der Waals surface area (Å²) >= 11 is 0. The molecule has 0 unspecified atom stereocenters. The van der Waals surface area contributed by atoms with Gasteiger partial charge in [0.1, 0.15) is 0 Å². The monoisotopic (exact) mass is 316 g/mol. The van der Waals surface area contributed by atoms with Crippen LogP contribution in [0.2, 0.25) is 0 Å². The molecular formula is C17H24N4O2. The standard InChI is InChI=1S/C17H24N4O2/c1-13-15(17(23-3)21(2)20-13)12-18-10-7-11-19-16(22)14-8-5-4-6-9-14/h4-6,8-9,18H,7,10-12H2,1-3H3,(H,19,22). The number of carbonyl (C=O) groups excluding carboxylic acids is 1. The van der Waals surface area contributed by atoms with Gasteiger partial charge in [-0.1, -0.05) is 18.2 Å². The smallest absolute Gasteiger partial charge is 0.251 e. The van der Waals surface area contributed by atoms with Crippen LogP contribution in [0.3, 0.4) is 0 Å². The average Bonchev–Trinajstić information content (AvgIpc) is 2.84. The first kappa shape index (κ1) is 17.0. The van der Waals surface area contributed by atoms with E-state index in [0.29, 0.717) is 18.7 Å². The van der Waals surface area contributed by atoms with E-state index in [4.69, 9.17) is 4.74 Å². The summed E-state index contributed by atoms with van der Waals surface area (Å²) in [5, 5.41) is 10.6. The van der Waals surface area contributed by atoms with E-state index < -0.39 is 0 Å². The van der Waals surface area contributed by atoms with Crippen LogP contribution in [0.5, 0.6) is 5.88 Å². The topological polar surface area (TPSA) is 68.2 Å². The molecule has 0 fully saturated rings. The molecule has 23 heavy (non-hydrogen) atoms. The zero-order valence-corrected chi connectivity index (χ0v) is 13.9. The third-order valence-corrected chi connectivity index (χ3v) is 3.64. The molecule has 0 saturated heterocycles. The van der Waals surface area contributed by atoms with E-state index in [1.54, 1.807) is 11.8 Å². The Kier molecular flexibility index (Phi) is 6.17. The number of hydrogen-bond acceptors (Lipinski definition) is 4. The minimum atomic E-state index is -0.0321. The number of nitrogens with one attached hydrogen (secondary N) is 2. The van der Waals surface area contributed by atoms with E-state index in [2.05, 4.69) is 15.7 Å². The van der Waals surface area contributed by atoms with E-state index in [0.717, 1.165) is 30.1 Å². The van der Waals surface area contributed by atoms with Crippen molar-refractivity contribution in [3.8, 4) is 5.88 Å². The summed E-state index contributed by atoms with van der Waals surface area (Å²) in [6.07, 6.45) is 0.861. The number of hydrogen-bond donors (Lipinski definition) is 2. The number of aromatic nitrogens is 2. The van der Waals surface area contributed by atoms with Gasteiger partial charge in [-0.15, -0.1) is 0 Å². The number of carbonyl (C=O) groups is 1. The molecule has 0 atom stereocenters. The summed E-state index contributed by atoms with van der Waals surface area (Å²) in [5.41, 5.74) is 2.73. The molecule has 1 heterocycles. The molecule has 0 bridgehead atoms. The van der Waals surface area contributed by atoms with Gasteiger partial charge in [0.05, 0.1) is 18.4 Å². The number of nitrogens with zero attached hydrogens (tertiary/aromatic N) is 2. The van der Waals surface area contributed by atoms with Crippen molar-refractivity contribution in [3.63, 3.8) is 0 Å². The lowest BCUT2D eigenvalue weighted by Crippen LogP contribution is -2.27. The molecular weight excluding hydrogens is 292 g/mol. The van der Waals surface area contributed by atoms with Crippen LogP contribution in [-0.4, -0.2) is 35.9 Å². The molecule has 1 aromatic heterocycles. The van der Waals surface area contributed by atoms with Crippen molar-refractivity contribution in [2.45, 2.75) is 19.9 Å². The van der Waals surface area contributed by atoms with Crippen LogP contribution >= 0.6 is 0 Å². The van der Waals surface area contributed by atoms with Gasteiger partial charge in [0.25, 0.3) is 5.91 Å². The maximum Gasteiger partial charge on any atom is 0.251 e. The highest BCUT2D eigenvalue weighted by Gasteiger charge is 2.12. The molecule has 1 amide bonds. The molecule has 2 N–H and O–H groups in total. The van der Waals surface area contributed by atoms with Crippen LogP contribution in [-0.2, 0) is 13.6 Å². The number of methoxy groups -OCH3 is 1. The zero-order valence-electron chi connectivity index (χ0n) is 13.9. The zero-order chi connectivity index (χ0) is 16.7. The molecule has 0 spiro atoms. The quantitative estimate of drug-likeness (QED) is 0.727. The third kappa shape index (κ3) is 4.56. The summed E-state index contributed by atoms with van der Waals surface area (Å²) in [4.78, 5) is 11.9. The number of ether oxygens (including phenoxy) is 1. The van der Waals surface area contributed by atoms with E-state index >= 15 is 0 Å². The van der Waals surface area contributed by atoms with Crippen LogP contribution in [0.25, 0.3) is 0 Å². The summed E-state index contributed by atoms with van der Waals surface area (Å²) in [6.45, 7) is 4.13. The highest BCUT2D eigenvalue weighted by atomic mass is 16.5. The Morgan fingerprint density at radius 2 is 2.00 bits per heavy atom. The number of rotatable bonds is 8. The lowest BCUT2D eigenvalue weighted by atomic mass is 10.2. The second-order valence-electron chi connectivity index (χ2n) is 5.35. The Labute approximate surface area is 136 Å². The largest absolute Gasteiger partial charge is 0.481 e. The van der Waals surface area contributed by atoms with Crippen molar-refractivity contribution in [2.75, 3.05) is 20.2 Å². The molecule has 0 aliphatic heterocycles. The summed E-state index contributed by atoms with van der Waals surface area (Å²) in [7, 11) is 3.52. The fraction of sp³-hybridized carbons (Fsp3) is 0.412. The molecule has 6 heteroatoms. The Bertz CT molecular complexity index is 638. The van der Waals surface area contributed by atoms with Crippen molar-refractivity contribution in [2.24, 2.45) is 7.05 Å². The Morgan fingerprint density at radius 3 is 2.70 bits per heavy atom. The average molecular weight is 316 g/mol. The van der Waals surface area contributed by atoms with Crippen LogP contribution in [0, 0.1) is 6.92 Å². The lowest BCUT2D eigenvalue weighted by Gasteiger charge is -2.08.